The van der Waals surface area contributed by atoms with Gasteiger partial charge >= 0.3 is 0 Å². The lowest BCUT2D eigenvalue weighted by atomic mass is 10.3. The summed E-state index contributed by atoms with van der Waals surface area (Å²) in [5.74, 6) is -0.135. The fraction of sp³-hybridized carbons (Fsp3) is 0.222. The average molecular weight is 202 g/mol. The van der Waals surface area contributed by atoms with Gasteiger partial charge in [0, 0.05) is 12.8 Å². The maximum atomic E-state index is 11.0. The van der Waals surface area contributed by atoms with Crippen molar-refractivity contribution in [2.45, 2.75) is 0 Å². The van der Waals surface area contributed by atoms with Gasteiger partial charge in [-0.3, -0.25) is 4.79 Å². The van der Waals surface area contributed by atoms with Crippen molar-refractivity contribution in [3.8, 4) is 0 Å². The maximum absolute atomic E-state index is 11.0. The first-order valence-electron chi connectivity index (χ1n) is 3.67. The number of hydrogen-bond acceptors (Lipinski definition) is 2. The highest BCUT2D eigenvalue weighted by Crippen LogP contribution is 2.03. The summed E-state index contributed by atoms with van der Waals surface area (Å²) in [4.78, 5) is 11.0. The van der Waals surface area contributed by atoms with Gasteiger partial charge in [0.25, 0.3) is 0 Å². The molecule has 1 amide bonds. The van der Waals surface area contributed by atoms with E-state index in [9.17, 15) is 4.79 Å². The van der Waals surface area contributed by atoms with Crippen molar-refractivity contribution in [1.82, 2.24) is 0 Å². The first-order chi connectivity index (χ1) is 5.83. The molecular formula is C9H12ClNO2. The molecule has 1 aromatic rings. The highest BCUT2D eigenvalue weighted by atomic mass is 35.5. The topological polar surface area (TPSA) is 38.3 Å². The molecule has 0 spiro atoms. The van der Waals surface area contributed by atoms with Crippen LogP contribution >= 0.6 is 12.4 Å². The minimum absolute atomic E-state index is 0. The van der Waals surface area contributed by atoms with E-state index in [1.54, 1.807) is 0 Å². The molecule has 0 fully saturated rings. The van der Waals surface area contributed by atoms with Crippen LogP contribution in [0.15, 0.2) is 30.3 Å². The molecule has 0 saturated carbocycles. The summed E-state index contributed by atoms with van der Waals surface area (Å²) in [7, 11) is 1.49. The molecule has 1 N–H and O–H groups in total. The van der Waals surface area contributed by atoms with E-state index in [-0.39, 0.29) is 24.9 Å². The zero-order valence-corrected chi connectivity index (χ0v) is 8.14. The normalized spacial score (nSPS) is 8.69. The zero-order valence-electron chi connectivity index (χ0n) is 7.32. The Hall–Kier alpha value is -1.06. The molecule has 0 aliphatic rings. The Labute approximate surface area is 83.5 Å². The molecule has 0 heterocycles. The first-order valence-corrected chi connectivity index (χ1v) is 3.67. The van der Waals surface area contributed by atoms with Gasteiger partial charge in [0.1, 0.15) is 6.61 Å². The highest BCUT2D eigenvalue weighted by molar-refractivity contribution is 5.91. The van der Waals surface area contributed by atoms with E-state index in [1.807, 2.05) is 30.3 Å². The van der Waals surface area contributed by atoms with Crippen LogP contribution in [0.3, 0.4) is 0 Å². The van der Waals surface area contributed by atoms with E-state index in [2.05, 4.69) is 10.1 Å². The minimum Gasteiger partial charge on any atom is -0.375 e. The Balaban J connectivity index is 0.00000144. The summed E-state index contributed by atoms with van der Waals surface area (Å²) < 4.78 is 4.66. The molecule has 0 aromatic heterocycles. The maximum Gasteiger partial charge on any atom is 0.250 e. The van der Waals surface area contributed by atoms with Crippen LogP contribution < -0.4 is 5.32 Å². The van der Waals surface area contributed by atoms with E-state index >= 15 is 0 Å². The van der Waals surface area contributed by atoms with Gasteiger partial charge in [-0.1, -0.05) is 18.2 Å². The van der Waals surface area contributed by atoms with Crippen molar-refractivity contribution in [3.05, 3.63) is 30.3 Å². The number of amides is 1. The molecule has 1 aromatic carbocycles. The molecule has 4 heteroatoms. The van der Waals surface area contributed by atoms with Crippen LogP contribution in [-0.2, 0) is 9.53 Å². The van der Waals surface area contributed by atoms with Crippen molar-refractivity contribution in [2.24, 2.45) is 0 Å². The van der Waals surface area contributed by atoms with Crippen LogP contribution in [0.2, 0.25) is 0 Å². The van der Waals surface area contributed by atoms with Crippen molar-refractivity contribution in [3.63, 3.8) is 0 Å². The lowest BCUT2D eigenvalue weighted by molar-refractivity contribution is -0.119. The molecule has 0 radical (unpaired) electrons. The van der Waals surface area contributed by atoms with Crippen LogP contribution in [0.1, 0.15) is 0 Å². The van der Waals surface area contributed by atoms with Gasteiger partial charge in [-0.25, -0.2) is 0 Å². The summed E-state index contributed by atoms with van der Waals surface area (Å²) in [6, 6.07) is 9.28. The Morgan fingerprint density at radius 3 is 2.54 bits per heavy atom. The van der Waals surface area contributed by atoms with Gasteiger partial charge in [-0.05, 0) is 12.1 Å². The van der Waals surface area contributed by atoms with Gasteiger partial charge in [-0.2, -0.15) is 0 Å². The van der Waals surface area contributed by atoms with Gasteiger partial charge in [0.05, 0.1) is 0 Å². The van der Waals surface area contributed by atoms with Crippen molar-refractivity contribution in [2.75, 3.05) is 19.0 Å². The predicted octanol–water partition coefficient (Wildman–Crippen LogP) is 1.69. The van der Waals surface area contributed by atoms with Gasteiger partial charge in [-0.15, -0.1) is 12.4 Å². The molecule has 13 heavy (non-hydrogen) atoms. The van der Waals surface area contributed by atoms with E-state index in [0.29, 0.717) is 0 Å². The van der Waals surface area contributed by atoms with E-state index < -0.39 is 0 Å². The summed E-state index contributed by atoms with van der Waals surface area (Å²) in [6.07, 6.45) is 0. The number of nitrogens with one attached hydrogen (secondary N) is 1. The average Bonchev–Trinajstić information content (AvgIpc) is 2.06. The second-order valence-electron chi connectivity index (χ2n) is 2.35. The van der Waals surface area contributed by atoms with Crippen molar-refractivity contribution in [1.29, 1.82) is 0 Å². The van der Waals surface area contributed by atoms with E-state index in [1.165, 1.54) is 7.11 Å². The predicted molar refractivity (Wildman–Crippen MR) is 54.2 cm³/mol. The van der Waals surface area contributed by atoms with E-state index in [0.717, 1.165) is 5.69 Å². The Kier molecular flexibility index (Phi) is 5.93. The standard InChI is InChI=1S/C9H11NO2.ClH/c1-12-7-9(11)10-8-5-3-2-4-6-8;/h2-6H,7H2,1H3,(H,10,11);1H. The number of anilines is 1. The van der Waals surface area contributed by atoms with Gasteiger partial charge in [0.2, 0.25) is 5.91 Å². The SMILES string of the molecule is COCC(=O)Nc1ccccc1.Cl. The summed E-state index contributed by atoms with van der Waals surface area (Å²) >= 11 is 0. The summed E-state index contributed by atoms with van der Waals surface area (Å²) in [5, 5.41) is 2.68. The second-order valence-corrected chi connectivity index (χ2v) is 2.35. The number of benzene rings is 1. The lowest BCUT2D eigenvalue weighted by Crippen LogP contribution is -2.16. The number of carbonyl (C=O) groups is 1. The third-order valence-electron chi connectivity index (χ3n) is 1.33. The van der Waals surface area contributed by atoms with Crippen LogP contribution in [0.25, 0.3) is 0 Å². The minimum atomic E-state index is -0.135. The molecule has 1 rings (SSSR count). The number of para-hydroxylation sites is 1. The third kappa shape index (κ3) is 4.50. The van der Waals surface area contributed by atoms with Crippen LogP contribution in [0, 0.1) is 0 Å². The highest BCUT2D eigenvalue weighted by Gasteiger charge is 1.98. The quantitative estimate of drug-likeness (QED) is 0.809. The Morgan fingerprint density at radius 1 is 1.38 bits per heavy atom. The monoisotopic (exact) mass is 201 g/mol. The molecular weight excluding hydrogens is 190 g/mol. The van der Waals surface area contributed by atoms with Crippen LogP contribution in [0.4, 0.5) is 5.69 Å². The fourth-order valence-electron chi connectivity index (χ4n) is 0.850. The lowest BCUT2D eigenvalue weighted by Gasteiger charge is -2.02. The largest absolute Gasteiger partial charge is 0.375 e. The number of hydrogen-bond donors (Lipinski definition) is 1. The molecule has 0 atom stereocenters. The number of halogens is 1. The molecule has 0 bridgehead atoms. The Bertz CT molecular complexity index is 251. The molecule has 0 aliphatic carbocycles. The number of methoxy groups -OCH3 is 1. The number of ether oxygens (including phenoxy) is 1. The smallest absolute Gasteiger partial charge is 0.250 e. The zero-order chi connectivity index (χ0) is 8.81. The molecule has 3 nitrogen and oxygen atoms in total. The van der Waals surface area contributed by atoms with Crippen molar-refractivity contribution >= 4 is 24.0 Å². The van der Waals surface area contributed by atoms with Crippen molar-refractivity contribution < 1.29 is 9.53 Å². The number of rotatable bonds is 3. The second kappa shape index (κ2) is 6.46. The van der Waals surface area contributed by atoms with E-state index in [4.69, 9.17) is 0 Å². The summed E-state index contributed by atoms with van der Waals surface area (Å²) in [6.45, 7) is 0.0922. The van der Waals surface area contributed by atoms with Crippen LogP contribution in [-0.4, -0.2) is 19.6 Å². The molecule has 0 unspecified atom stereocenters. The van der Waals surface area contributed by atoms with Crippen LogP contribution in [0.5, 0.6) is 0 Å². The number of carbonyl (C=O) groups excluding carboxylic acids is 1. The van der Waals surface area contributed by atoms with Gasteiger partial charge in [0.15, 0.2) is 0 Å². The molecule has 0 saturated heterocycles. The third-order valence-corrected chi connectivity index (χ3v) is 1.33. The summed E-state index contributed by atoms with van der Waals surface area (Å²) in [5.41, 5.74) is 0.791. The first kappa shape index (κ1) is 11.9. The Morgan fingerprint density at radius 2 is 2.00 bits per heavy atom. The molecule has 72 valence electrons. The fourth-order valence-corrected chi connectivity index (χ4v) is 0.850. The molecule has 0 aliphatic heterocycles. The van der Waals surface area contributed by atoms with Gasteiger partial charge < -0.3 is 10.1 Å².